The molecule has 0 N–H and O–H groups in total. The molecule has 0 spiro atoms. The van der Waals surface area contributed by atoms with Gasteiger partial charge < -0.3 is 9.47 Å². The number of aryl methyl sites for hydroxylation is 1. The van der Waals surface area contributed by atoms with Gasteiger partial charge in [-0.05, 0) is 31.5 Å². The molecule has 1 aromatic carbocycles. The van der Waals surface area contributed by atoms with Gasteiger partial charge in [0.25, 0.3) is 5.69 Å². The molecule has 0 saturated carbocycles. The zero-order valence-corrected chi connectivity index (χ0v) is 13.6. The normalized spacial score (nSPS) is 12.5. The van der Waals surface area contributed by atoms with Crippen molar-refractivity contribution in [2.24, 2.45) is 0 Å². The third-order valence-corrected chi connectivity index (χ3v) is 3.84. The Labute approximate surface area is 142 Å². The smallest absolute Gasteiger partial charge is 0.341 e. The first-order valence-corrected chi connectivity index (χ1v) is 7.56. The number of esters is 2. The lowest BCUT2D eigenvalue weighted by Gasteiger charge is -2.14. The van der Waals surface area contributed by atoms with Gasteiger partial charge in [-0.1, -0.05) is 0 Å². The van der Waals surface area contributed by atoms with Crippen molar-refractivity contribution in [1.82, 2.24) is 4.98 Å². The van der Waals surface area contributed by atoms with E-state index in [1.54, 1.807) is 13.8 Å². The number of non-ortho nitro benzene ring substituents is 1. The predicted molar refractivity (Wildman–Crippen MR) is 86.1 cm³/mol. The van der Waals surface area contributed by atoms with Crippen LogP contribution in [0.25, 0.3) is 11.1 Å². The number of carbonyl (C=O) groups is 2. The van der Waals surface area contributed by atoms with Crippen LogP contribution in [0.2, 0.25) is 0 Å². The molecule has 0 bridgehead atoms. The molecular weight excluding hydrogens is 328 g/mol. The van der Waals surface area contributed by atoms with Crippen molar-refractivity contribution in [3.8, 4) is 11.1 Å². The summed E-state index contributed by atoms with van der Waals surface area (Å²) in [5.41, 5.74) is 1.92. The highest BCUT2D eigenvalue weighted by atomic mass is 16.6. The molecule has 0 radical (unpaired) electrons. The molecule has 0 aliphatic carbocycles. The number of carbonyl (C=O) groups excluding carboxylic acids is 2. The van der Waals surface area contributed by atoms with E-state index in [1.807, 2.05) is 0 Å². The van der Waals surface area contributed by atoms with Crippen LogP contribution in [-0.2, 0) is 16.1 Å². The Hall–Kier alpha value is -3.29. The summed E-state index contributed by atoms with van der Waals surface area (Å²) in [4.78, 5) is 39.2. The molecule has 3 rings (SSSR count). The number of nitrogens with zero attached hydrogens (tertiary/aromatic N) is 2. The molecule has 1 aliphatic heterocycles. The summed E-state index contributed by atoms with van der Waals surface area (Å²) in [7, 11) is 0. The van der Waals surface area contributed by atoms with Gasteiger partial charge in [0, 0.05) is 17.7 Å². The maximum Gasteiger partial charge on any atom is 0.341 e. The second kappa shape index (κ2) is 6.31. The number of pyridine rings is 1. The number of cyclic esters (lactones) is 1. The first-order chi connectivity index (χ1) is 11.9. The number of hydrogen-bond acceptors (Lipinski definition) is 7. The Balaban J connectivity index is 2.27. The van der Waals surface area contributed by atoms with Gasteiger partial charge in [0.15, 0.2) is 0 Å². The van der Waals surface area contributed by atoms with Gasteiger partial charge in [0.2, 0.25) is 0 Å². The minimum atomic E-state index is -0.608. The average molecular weight is 342 g/mol. The molecule has 25 heavy (non-hydrogen) atoms. The van der Waals surface area contributed by atoms with Crippen LogP contribution in [0.15, 0.2) is 24.3 Å². The lowest BCUT2D eigenvalue weighted by Crippen LogP contribution is -2.14. The summed E-state index contributed by atoms with van der Waals surface area (Å²) >= 11 is 0. The predicted octanol–water partition coefficient (Wildman–Crippen LogP) is 2.81. The Kier molecular flexibility index (Phi) is 4.18. The topological polar surface area (TPSA) is 109 Å². The summed E-state index contributed by atoms with van der Waals surface area (Å²) in [5, 5.41) is 10.8. The maximum absolute atomic E-state index is 12.4. The minimum Gasteiger partial charge on any atom is -0.462 e. The van der Waals surface area contributed by atoms with Gasteiger partial charge in [-0.3, -0.25) is 15.1 Å². The number of benzene rings is 1. The highest BCUT2D eigenvalue weighted by Crippen LogP contribution is 2.36. The van der Waals surface area contributed by atoms with Crippen molar-refractivity contribution in [2.45, 2.75) is 20.5 Å². The zero-order valence-electron chi connectivity index (χ0n) is 13.6. The number of hydrogen-bond donors (Lipinski definition) is 0. The van der Waals surface area contributed by atoms with Gasteiger partial charge in [-0.15, -0.1) is 0 Å². The number of aromatic nitrogens is 1. The highest BCUT2D eigenvalue weighted by Gasteiger charge is 2.33. The number of ether oxygens (including phenoxy) is 2. The summed E-state index contributed by atoms with van der Waals surface area (Å²) in [6.07, 6.45) is 0. The number of fused-ring (bicyclic) bond motifs is 1. The van der Waals surface area contributed by atoms with Crippen molar-refractivity contribution in [3.63, 3.8) is 0 Å². The molecule has 0 atom stereocenters. The van der Waals surface area contributed by atoms with Gasteiger partial charge >= 0.3 is 11.9 Å². The number of nitro groups is 1. The van der Waals surface area contributed by atoms with E-state index >= 15 is 0 Å². The molecule has 128 valence electrons. The van der Waals surface area contributed by atoms with Crippen LogP contribution in [0, 0.1) is 17.0 Å². The fourth-order valence-corrected chi connectivity index (χ4v) is 2.79. The monoisotopic (exact) mass is 342 g/mol. The number of rotatable bonds is 4. The lowest BCUT2D eigenvalue weighted by molar-refractivity contribution is -0.384. The molecule has 1 aliphatic rings. The summed E-state index contributed by atoms with van der Waals surface area (Å²) in [5.74, 6) is -1.19. The zero-order chi connectivity index (χ0) is 18.1. The molecule has 2 aromatic rings. The fraction of sp³-hybridized carbons (Fsp3) is 0.235. The Bertz CT molecular complexity index is 889. The Morgan fingerprint density at radius 3 is 2.60 bits per heavy atom. The van der Waals surface area contributed by atoms with Gasteiger partial charge in [-0.25, -0.2) is 9.59 Å². The SMILES string of the molecule is CCOC(=O)c1c(C)nc2c(c1-c1ccc([N+](=O)[O-])cc1)C(=O)OC2. The Morgan fingerprint density at radius 2 is 2.00 bits per heavy atom. The Morgan fingerprint density at radius 1 is 1.32 bits per heavy atom. The molecule has 0 fully saturated rings. The van der Waals surface area contributed by atoms with Crippen molar-refractivity contribution >= 4 is 17.6 Å². The van der Waals surface area contributed by atoms with Crippen LogP contribution in [0.5, 0.6) is 0 Å². The van der Waals surface area contributed by atoms with Crippen LogP contribution >= 0.6 is 0 Å². The van der Waals surface area contributed by atoms with Crippen LogP contribution in [0.1, 0.15) is 39.0 Å². The average Bonchev–Trinajstić information content (AvgIpc) is 2.94. The van der Waals surface area contributed by atoms with E-state index < -0.39 is 16.9 Å². The molecule has 8 heteroatoms. The van der Waals surface area contributed by atoms with Gasteiger partial charge in [0.1, 0.15) is 6.61 Å². The second-order valence-corrected chi connectivity index (χ2v) is 5.37. The molecule has 2 heterocycles. The first kappa shape index (κ1) is 16.6. The fourth-order valence-electron chi connectivity index (χ4n) is 2.79. The molecule has 1 aromatic heterocycles. The number of nitro benzene ring substituents is 1. The van der Waals surface area contributed by atoms with Gasteiger partial charge in [-0.2, -0.15) is 0 Å². The summed E-state index contributed by atoms with van der Waals surface area (Å²) in [6, 6.07) is 5.60. The van der Waals surface area contributed by atoms with E-state index in [4.69, 9.17) is 9.47 Å². The van der Waals surface area contributed by atoms with E-state index in [0.29, 0.717) is 22.5 Å². The molecule has 0 unspecified atom stereocenters. The highest BCUT2D eigenvalue weighted by molar-refractivity contribution is 6.08. The van der Waals surface area contributed by atoms with Crippen LogP contribution < -0.4 is 0 Å². The van der Waals surface area contributed by atoms with Gasteiger partial charge in [0.05, 0.1) is 34.0 Å². The van der Waals surface area contributed by atoms with Crippen molar-refractivity contribution in [2.75, 3.05) is 6.61 Å². The van der Waals surface area contributed by atoms with Crippen molar-refractivity contribution < 1.29 is 24.0 Å². The molecule has 0 amide bonds. The van der Waals surface area contributed by atoms with E-state index in [2.05, 4.69) is 4.98 Å². The third kappa shape index (κ3) is 2.82. The van der Waals surface area contributed by atoms with Crippen molar-refractivity contribution in [3.05, 3.63) is 56.9 Å². The molecule has 0 saturated heterocycles. The van der Waals surface area contributed by atoms with E-state index in [-0.39, 0.29) is 30.0 Å². The summed E-state index contributed by atoms with van der Waals surface area (Å²) < 4.78 is 10.1. The lowest BCUT2D eigenvalue weighted by atomic mass is 9.93. The van der Waals surface area contributed by atoms with E-state index in [1.165, 1.54) is 24.3 Å². The maximum atomic E-state index is 12.4. The van der Waals surface area contributed by atoms with E-state index in [9.17, 15) is 19.7 Å². The minimum absolute atomic E-state index is 0.0259. The van der Waals surface area contributed by atoms with Crippen molar-refractivity contribution in [1.29, 1.82) is 0 Å². The van der Waals surface area contributed by atoms with Crippen LogP contribution in [0.3, 0.4) is 0 Å². The van der Waals surface area contributed by atoms with Crippen LogP contribution in [-0.4, -0.2) is 28.5 Å². The van der Waals surface area contributed by atoms with Crippen LogP contribution in [0.4, 0.5) is 5.69 Å². The molecular formula is C17H14N2O6. The quantitative estimate of drug-likeness (QED) is 0.477. The molecule has 8 nitrogen and oxygen atoms in total. The summed E-state index contributed by atoms with van der Waals surface area (Å²) in [6.45, 7) is 3.51. The van der Waals surface area contributed by atoms with E-state index in [0.717, 1.165) is 0 Å². The third-order valence-electron chi connectivity index (χ3n) is 3.84. The standard InChI is InChI=1S/C17H14N2O6/c1-3-24-16(20)13-9(2)18-12-8-25-17(21)15(12)14(13)10-4-6-11(7-5-10)19(22)23/h4-7H,3,8H2,1-2H3. The second-order valence-electron chi connectivity index (χ2n) is 5.37. The largest absolute Gasteiger partial charge is 0.462 e. The first-order valence-electron chi connectivity index (χ1n) is 7.56.